The molecule has 0 radical (unpaired) electrons. The van der Waals surface area contributed by atoms with Crippen LogP contribution in [-0.4, -0.2) is 52.8 Å². The molecule has 0 atom stereocenters. The maximum atomic E-state index is 12.5. The molecule has 1 aromatic heterocycles. The Balaban J connectivity index is 1.51. The van der Waals surface area contributed by atoms with Crippen LogP contribution in [0.15, 0.2) is 42.6 Å². The molecule has 2 aromatic rings. The monoisotopic (exact) mass is 339 g/mol. The molecule has 0 bridgehead atoms. The van der Waals surface area contributed by atoms with Crippen molar-refractivity contribution >= 4 is 11.8 Å². The molecule has 3 rings (SSSR count). The number of hydrogen-bond acceptors (Lipinski definition) is 2. The van der Waals surface area contributed by atoms with Crippen LogP contribution in [0.25, 0.3) is 0 Å². The van der Waals surface area contributed by atoms with Crippen molar-refractivity contribution in [1.29, 1.82) is 0 Å². The predicted octanol–water partition coefficient (Wildman–Crippen LogP) is 2.63. The number of carbonyl (C=O) groups is 2. The smallest absolute Gasteiger partial charge is 0.270 e. The lowest BCUT2D eigenvalue weighted by molar-refractivity contribution is -0.131. The van der Waals surface area contributed by atoms with Crippen LogP contribution >= 0.6 is 0 Å². The van der Waals surface area contributed by atoms with E-state index in [1.165, 1.54) is 11.1 Å². The maximum Gasteiger partial charge on any atom is 0.270 e. The number of nitrogens with one attached hydrogen (secondary N) is 1. The number of rotatable bonds is 4. The highest BCUT2D eigenvalue weighted by Crippen LogP contribution is 2.11. The van der Waals surface area contributed by atoms with Gasteiger partial charge in [-0.25, -0.2) is 0 Å². The predicted molar refractivity (Wildman–Crippen MR) is 97.4 cm³/mol. The number of aromatic nitrogens is 1. The Hall–Kier alpha value is -2.56. The highest BCUT2D eigenvalue weighted by Gasteiger charge is 2.22. The van der Waals surface area contributed by atoms with Crippen molar-refractivity contribution in [2.24, 2.45) is 0 Å². The molecule has 0 spiro atoms. The summed E-state index contributed by atoms with van der Waals surface area (Å²) in [5.74, 6) is 0.189. The molecule has 1 N–H and O–H groups in total. The van der Waals surface area contributed by atoms with Gasteiger partial charge >= 0.3 is 0 Å². The van der Waals surface area contributed by atoms with Crippen molar-refractivity contribution in [2.45, 2.75) is 26.2 Å². The van der Waals surface area contributed by atoms with E-state index in [0.717, 1.165) is 19.4 Å². The van der Waals surface area contributed by atoms with Gasteiger partial charge in [0.1, 0.15) is 5.69 Å². The summed E-state index contributed by atoms with van der Waals surface area (Å²) in [6, 6.07) is 11.9. The van der Waals surface area contributed by atoms with Crippen LogP contribution in [0.4, 0.5) is 0 Å². The van der Waals surface area contributed by atoms with Gasteiger partial charge in [-0.15, -0.1) is 0 Å². The average Bonchev–Trinajstić information content (AvgIpc) is 3.05. The Morgan fingerprint density at radius 2 is 1.72 bits per heavy atom. The molecule has 1 fully saturated rings. The molecule has 0 saturated carbocycles. The summed E-state index contributed by atoms with van der Waals surface area (Å²) >= 11 is 0. The molecule has 25 heavy (non-hydrogen) atoms. The third kappa shape index (κ3) is 4.50. The van der Waals surface area contributed by atoms with Crippen molar-refractivity contribution < 1.29 is 9.59 Å². The summed E-state index contributed by atoms with van der Waals surface area (Å²) in [5, 5.41) is 0. The Bertz CT molecular complexity index is 707. The van der Waals surface area contributed by atoms with E-state index in [1.54, 1.807) is 12.3 Å². The second-order valence-electron chi connectivity index (χ2n) is 6.60. The number of benzene rings is 1. The highest BCUT2D eigenvalue weighted by atomic mass is 16.2. The molecule has 1 aliphatic rings. The highest BCUT2D eigenvalue weighted by molar-refractivity contribution is 5.92. The largest absolute Gasteiger partial charge is 0.357 e. The Morgan fingerprint density at radius 3 is 2.44 bits per heavy atom. The minimum atomic E-state index is 0.0129. The quantitative estimate of drug-likeness (QED) is 0.931. The van der Waals surface area contributed by atoms with E-state index in [4.69, 9.17) is 0 Å². The van der Waals surface area contributed by atoms with Gasteiger partial charge in [-0.2, -0.15) is 0 Å². The van der Waals surface area contributed by atoms with Crippen molar-refractivity contribution in [3.05, 3.63) is 59.4 Å². The van der Waals surface area contributed by atoms with E-state index in [0.29, 0.717) is 31.7 Å². The SMILES string of the molecule is Cc1ccc(CCC(=O)N2CCCN(C(=O)c3ccc[nH]3)CC2)cc1. The molecule has 1 saturated heterocycles. The molecule has 2 heterocycles. The average molecular weight is 339 g/mol. The standard InChI is InChI=1S/C20H25N3O2/c1-16-5-7-17(8-6-16)9-10-19(24)22-12-3-13-23(15-14-22)20(25)18-4-2-11-21-18/h2,4-8,11,21H,3,9-10,12-15H2,1H3. The second-order valence-corrected chi connectivity index (χ2v) is 6.60. The first kappa shape index (κ1) is 17.3. The summed E-state index contributed by atoms with van der Waals surface area (Å²) in [5.41, 5.74) is 3.03. The minimum absolute atomic E-state index is 0.0129. The molecule has 0 unspecified atom stereocenters. The molecule has 5 nitrogen and oxygen atoms in total. The zero-order valence-electron chi connectivity index (χ0n) is 14.7. The van der Waals surface area contributed by atoms with Gasteiger partial charge in [0.15, 0.2) is 0 Å². The number of amides is 2. The third-order valence-electron chi connectivity index (χ3n) is 4.71. The minimum Gasteiger partial charge on any atom is -0.357 e. The Labute approximate surface area is 148 Å². The van der Waals surface area contributed by atoms with Crippen molar-refractivity contribution in [1.82, 2.24) is 14.8 Å². The van der Waals surface area contributed by atoms with Crippen molar-refractivity contribution in [3.8, 4) is 0 Å². The van der Waals surface area contributed by atoms with Crippen LogP contribution in [0.2, 0.25) is 0 Å². The molecule has 132 valence electrons. The van der Waals surface area contributed by atoms with Gasteiger partial charge in [0, 0.05) is 38.8 Å². The van der Waals surface area contributed by atoms with E-state index in [1.807, 2.05) is 15.9 Å². The molecule has 0 aliphatic carbocycles. The van der Waals surface area contributed by atoms with E-state index in [-0.39, 0.29) is 11.8 Å². The fourth-order valence-electron chi connectivity index (χ4n) is 3.17. The first-order valence-corrected chi connectivity index (χ1v) is 8.89. The molecule has 1 aromatic carbocycles. The van der Waals surface area contributed by atoms with E-state index < -0.39 is 0 Å². The number of aryl methyl sites for hydroxylation is 2. The number of carbonyl (C=O) groups excluding carboxylic acids is 2. The molecule has 5 heteroatoms. The van der Waals surface area contributed by atoms with Gasteiger partial charge in [-0.05, 0) is 37.5 Å². The van der Waals surface area contributed by atoms with E-state index in [2.05, 4.69) is 36.2 Å². The number of hydrogen-bond donors (Lipinski definition) is 1. The summed E-state index contributed by atoms with van der Waals surface area (Å²) in [7, 11) is 0. The van der Waals surface area contributed by atoms with Gasteiger partial charge < -0.3 is 14.8 Å². The molecular weight excluding hydrogens is 314 g/mol. The summed E-state index contributed by atoms with van der Waals surface area (Å²) in [6.07, 6.45) is 3.86. The normalized spacial score (nSPS) is 15.1. The number of nitrogens with zero attached hydrogens (tertiary/aromatic N) is 2. The fraction of sp³-hybridized carbons (Fsp3) is 0.400. The van der Waals surface area contributed by atoms with Crippen LogP contribution in [0, 0.1) is 6.92 Å². The van der Waals surface area contributed by atoms with Gasteiger partial charge in [0.2, 0.25) is 5.91 Å². The fourth-order valence-corrected chi connectivity index (χ4v) is 3.17. The first-order valence-electron chi connectivity index (χ1n) is 8.89. The van der Waals surface area contributed by atoms with E-state index in [9.17, 15) is 9.59 Å². The lowest BCUT2D eigenvalue weighted by atomic mass is 10.1. The lowest BCUT2D eigenvalue weighted by Crippen LogP contribution is -2.37. The Kier molecular flexibility index (Phi) is 5.53. The van der Waals surface area contributed by atoms with Crippen molar-refractivity contribution in [3.63, 3.8) is 0 Å². The molecule has 1 aliphatic heterocycles. The van der Waals surface area contributed by atoms with Crippen LogP contribution in [-0.2, 0) is 11.2 Å². The topological polar surface area (TPSA) is 56.4 Å². The number of aromatic amines is 1. The van der Waals surface area contributed by atoms with Crippen LogP contribution < -0.4 is 0 Å². The lowest BCUT2D eigenvalue weighted by Gasteiger charge is -2.22. The summed E-state index contributed by atoms with van der Waals surface area (Å²) in [4.78, 5) is 31.6. The first-order chi connectivity index (χ1) is 12.1. The third-order valence-corrected chi connectivity index (χ3v) is 4.71. The van der Waals surface area contributed by atoms with Gasteiger partial charge in [-0.1, -0.05) is 29.8 Å². The summed E-state index contributed by atoms with van der Waals surface area (Å²) < 4.78 is 0. The van der Waals surface area contributed by atoms with Crippen molar-refractivity contribution in [2.75, 3.05) is 26.2 Å². The zero-order chi connectivity index (χ0) is 17.6. The Morgan fingerprint density at radius 1 is 1.00 bits per heavy atom. The second kappa shape index (κ2) is 8.01. The van der Waals surface area contributed by atoms with E-state index >= 15 is 0 Å². The van der Waals surface area contributed by atoms with Gasteiger partial charge in [0.25, 0.3) is 5.91 Å². The van der Waals surface area contributed by atoms with Crippen LogP contribution in [0.3, 0.4) is 0 Å². The zero-order valence-corrected chi connectivity index (χ0v) is 14.7. The van der Waals surface area contributed by atoms with Crippen LogP contribution in [0.1, 0.15) is 34.5 Å². The summed E-state index contributed by atoms with van der Waals surface area (Å²) in [6.45, 7) is 4.68. The van der Waals surface area contributed by atoms with Crippen LogP contribution in [0.5, 0.6) is 0 Å². The molecular formula is C20H25N3O2. The molecule has 2 amide bonds. The van der Waals surface area contributed by atoms with Gasteiger partial charge in [-0.3, -0.25) is 9.59 Å². The van der Waals surface area contributed by atoms with Gasteiger partial charge in [0.05, 0.1) is 0 Å². The maximum absolute atomic E-state index is 12.5. The number of H-pyrrole nitrogens is 1.